The Hall–Kier alpha value is -1.43. The minimum atomic E-state index is -0.380. The topological polar surface area (TPSA) is 74.2 Å². The first kappa shape index (κ1) is 14.0. The van der Waals surface area contributed by atoms with Gasteiger partial charge in [0, 0.05) is 18.1 Å². The predicted octanol–water partition coefficient (Wildman–Crippen LogP) is -0.0823. The summed E-state index contributed by atoms with van der Waals surface area (Å²) in [6.07, 6.45) is 0.811. The van der Waals surface area contributed by atoms with Crippen molar-refractivity contribution in [3.63, 3.8) is 0 Å². The van der Waals surface area contributed by atoms with E-state index in [1.54, 1.807) is 24.3 Å². The van der Waals surface area contributed by atoms with Gasteiger partial charge in [-0.2, -0.15) is 0 Å². The Kier molecular flexibility index (Phi) is 4.52. The van der Waals surface area contributed by atoms with E-state index in [1.165, 1.54) is 4.90 Å². The Morgan fingerprint density at radius 2 is 2.00 bits per heavy atom. The number of amides is 2. The van der Waals surface area contributed by atoms with Crippen molar-refractivity contribution in [1.82, 2.24) is 0 Å². The molecule has 0 radical (unpaired) electrons. The Morgan fingerprint density at radius 1 is 1.32 bits per heavy atom. The zero-order valence-corrected chi connectivity index (χ0v) is 11.1. The number of aliphatic hydroxyl groups is 1. The second kappa shape index (κ2) is 6.14. The Morgan fingerprint density at radius 3 is 2.63 bits per heavy atom. The molecule has 19 heavy (non-hydrogen) atoms. The molecule has 1 fully saturated rings. The highest BCUT2D eigenvalue weighted by atomic mass is 35.5. The number of aliphatic hydroxyl groups excluding tert-OH is 1. The maximum absolute atomic E-state index is 12.2. The molecule has 1 aromatic carbocycles. The molecular weight excluding hydrogens is 268 g/mol. The number of halogens is 1. The van der Waals surface area contributed by atoms with Gasteiger partial charge in [-0.3, -0.25) is 9.59 Å². The van der Waals surface area contributed by atoms with Gasteiger partial charge in [0.1, 0.15) is 0 Å². The van der Waals surface area contributed by atoms with E-state index in [1.807, 2.05) is 5.32 Å². The predicted molar refractivity (Wildman–Crippen MR) is 70.8 cm³/mol. The minimum absolute atomic E-state index is 0.0895. The number of benzene rings is 1. The van der Waals surface area contributed by atoms with E-state index in [-0.39, 0.29) is 30.9 Å². The van der Waals surface area contributed by atoms with Gasteiger partial charge < -0.3 is 10.4 Å². The third-order valence-electron chi connectivity index (χ3n) is 3.08. The Labute approximate surface area is 116 Å². The summed E-state index contributed by atoms with van der Waals surface area (Å²) >= 11 is 5.79. The van der Waals surface area contributed by atoms with Crippen LogP contribution < -0.4 is 10.2 Å². The standard InChI is InChI=1S/C13H15ClN2O3/c14-9-2-4-10(5-3-9)16-12(18)8-11(13(16)19)15-6-1-7-17/h2-5,11,15,17H,1,6-8H2/p+1/t11-/m1/s1. The van der Waals surface area contributed by atoms with Crippen LogP contribution in [-0.2, 0) is 9.59 Å². The van der Waals surface area contributed by atoms with Crippen LogP contribution in [0.5, 0.6) is 0 Å². The molecule has 3 N–H and O–H groups in total. The first-order valence-electron chi connectivity index (χ1n) is 6.20. The molecule has 0 aromatic heterocycles. The number of anilines is 1. The lowest BCUT2D eigenvalue weighted by Gasteiger charge is -2.14. The average Bonchev–Trinajstić information content (AvgIpc) is 2.67. The number of nitrogens with two attached hydrogens (primary N) is 1. The van der Waals surface area contributed by atoms with E-state index in [0.29, 0.717) is 23.7 Å². The monoisotopic (exact) mass is 283 g/mol. The molecule has 0 unspecified atom stereocenters. The third-order valence-corrected chi connectivity index (χ3v) is 3.33. The van der Waals surface area contributed by atoms with Gasteiger partial charge in [-0.25, -0.2) is 4.90 Å². The molecule has 102 valence electrons. The summed E-state index contributed by atoms with van der Waals surface area (Å²) in [4.78, 5) is 25.3. The molecule has 1 atom stereocenters. The molecule has 1 saturated heterocycles. The van der Waals surface area contributed by atoms with Gasteiger partial charge in [0.2, 0.25) is 5.91 Å². The van der Waals surface area contributed by atoms with E-state index >= 15 is 0 Å². The molecule has 6 heteroatoms. The number of hydrogen-bond donors (Lipinski definition) is 2. The van der Waals surface area contributed by atoms with Gasteiger partial charge in [0.25, 0.3) is 5.91 Å². The SMILES string of the molecule is O=C1C[C@@H]([NH2+]CCCO)C(=O)N1c1ccc(Cl)cc1. The second-order valence-electron chi connectivity index (χ2n) is 4.46. The lowest BCUT2D eigenvalue weighted by molar-refractivity contribution is -0.674. The van der Waals surface area contributed by atoms with Crippen molar-refractivity contribution in [2.24, 2.45) is 0 Å². The molecule has 5 nitrogen and oxygen atoms in total. The van der Waals surface area contributed by atoms with Crippen LogP contribution in [0.2, 0.25) is 5.02 Å². The quantitative estimate of drug-likeness (QED) is 0.586. The van der Waals surface area contributed by atoms with Crippen LogP contribution in [0.3, 0.4) is 0 Å². The number of carbonyl (C=O) groups is 2. The van der Waals surface area contributed by atoms with Crippen LogP contribution >= 0.6 is 11.6 Å². The summed E-state index contributed by atoms with van der Waals surface area (Å²) < 4.78 is 0. The Balaban J connectivity index is 2.08. The summed E-state index contributed by atoms with van der Waals surface area (Å²) in [5.74, 6) is -0.400. The molecule has 0 spiro atoms. The van der Waals surface area contributed by atoms with Crippen LogP contribution in [0, 0.1) is 0 Å². The van der Waals surface area contributed by atoms with Crippen molar-refractivity contribution in [3.05, 3.63) is 29.3 Å². The van der Waals surface area contributed by atoms with Gasteiger partial charge >= 0.3 is 0 Å². The van der Waals surface area contributed by atoms with Crippen molar-refractivity contribution >= 4 is 29.1 Å². The smallest absolute Gasteiger partial charge is 0.292 e. The highest BCUT2D eigenvalue weighted by molar-refractivity contribution is 6.30. The number of nitrogens with zero attached hydrogens (tertiary/aromatic N) is 1. The number of imide groups is 1. The van der Waals surface area contributed by atoms with E-state index < -0.39 is 0 Å². The van der Waals surface area contributed by atoms with Crippen LogP contribution in [0.15, 0.2) is 24.3 Å². The number of hydrogen-bond acceptors (Lipinski definition) is 3. The average molecular weight is 284 g/mol. The van der Waals surface area contributed by atoms with Crippen LogP contribution in [0.1, 0.15) is 12.8 Å². The summed E-state index contributed by atoms with van der Waals surface area (Å²) in [6.45, 7) is 0.723. The molecule has 2 amide bonds. The fourth-order valence-electron chi connectivity index (χ4n) is 2.11. The first-order valence-corrected chi connectivity index (χ1v) is 6.58. The lowest BCUT2D eigenvalue weighted by Crippen LogP contribution is -2.91. The van der Waals surface area contributed by atoms with E-state index in [0.717, 1.165) is 0 Å². The van der Waals surface area contributed by atoms with Crippen molar-refractivity contribution in [1.29, 1.82) is 0 Å². The zero-order valence-electron chi connectivity index (χ0n) is 10.4. The third kappa shape index (κ3) is 3.12. The molecule has 0 aliphatic carbocycles. The van der Waals surface area contributed by atoms with Crippen molar-refractivity contribution < 1.29 is 20.0 Å². The van der Waals surface area contributed by atoms with E-state index in [4.69, 9.17) is 16.7 Å². The first-order chi connectivity index (χ1) is 9.13. The molecule has 1 aromatic rings. The van der Waals surface area contributed by atoms with Gasteiger partial charge in [-0.05, 0) is 24.3 Å². The molecule has 0 bridgehead atoms. The van der Waals surface area contributed by atoms with E-state index in [2.05, 4.69) is 0 Å². The molecule has 0 saturated carbocycles. The zero-order chi connectivity index (χ0) is 13.8. The van der Waals surface area contributed by atoms with Crippen molar-refractivity contribution in [2.45, 2.75) is 18.9 Å². The number of quaternary nitrogens is 1. The second-order valence-corrected chi connectivity index (χ2v) is 4.89. The minimum Gasteiger partial charge on any atom is -0.396 e. The summed E-state index contributed by atoms with van der Waals surface area (Å²) in [6, 6.07) is 6.25. The Bertz CT molecular complexity index is 475. The summed E-state index contributed by atoms with van der Waals surface area (Å²) in [5, 5.41) is 11.1. The fraction of sp³-hybridized carbons (Fsp3) is 0.385. The fourth-order valence-corrected chi connectivity index (χ4v) is 2.24. The molecule has 1 aliphatic rings. The molecule has 1 heterocycles. The van der Waals surface area contributed by atoms with Gasteiger partial charge in [-0.1, -0.05) is 11.6 Å². The van der Waals surface area contributed by atoms with Gasteiger partial charge in [-0.15, -0.1) is 0 Å². The largest absolute Gasteiger partial charge is 0.396 e. The molecule has 1 aliphatic heterocycles. The molecule has 2 rings (SSSR count). The maximum atomic E-state index is 12.2. The number of carbonyl (C=O) groups excluding carboxylic acids is 2. The molecular formula is C13H16ClN2O3+. The van der Waals surface area contributed by atoms with Gasteiger partial charge in [0.15, 0.2) is 6.04 Å². The van der Waals surface area contributed by atoms with Crippen molar-refractivity contribution in [3.8, 4) is 0 Å². The maximum Gasteiger partial charge on any atom is 0.292 e. The van der Waals surface area contributed by atoms with Crippen LogP contribution in [0.4, 0.5) is 5.69 Å². The highest BCUT2D eigenvalue weighted by Crippen LogP contribution is 2.23. The van der Waals surface area contributed by atoms with Crippen LogP contribution in [-0.4, -0.2) is 36.1 Å². The van der Waals surface area contributed by atoms with Crippen LogP contribution in [0.25, 0.3) is 0 Å². The normalized spacial score (nSPS) is 19.3. The summed E-state index contributed by atoms with van der Waals surface area (Å²) in [7, 11) is 0. The lowest BCUT2D eigenvalue weighted by atomic mass is 10.2. The van der Waals surface area contributed by atoms with Crippen molar-refractivity contribution in [2.75, 3.05) is 18.1 Å². The van der Waals surface area contributed by atoms with E-state index in [9.17, 15) is 9.59 Å². The number of rotatable bonds is 5. The van der Waals surface area contributed by atoms with Gasteiger partial charge in [0.05, 0.1) is 18.7 Å². The highest BCUT2D eigenvalue weighted by Gasteiger charge is 2.41. The summed E-state index contributed by atoms with van der Waals surface area (Å²) in [5.41, 5.74) is 0.553.